The summed E-state index contributed by atoms with van der Waals surface area (Å²) in [6.45, 7) is 6.85. The van der Waals surface area contributed by atoms with Crippen LogP contribution in [0, 0.1) is 20.8 Å². The third-order valence-corrected chi connectivity index (χ3v) is 11.6. The maximum Gasteiger partial charge on any atom is 0.0467 e. The minimum atomic E-state index is 1.06. The zero-order valence-corrected chi connectivity index (χ0v) is 30.5. The second-order valence-corrected chi connectivity index (χ2v) is 14.7. The topological polar surface area (TPSA) is 3.24 Å². The van der Waals surface area contributed by atoms with Crippen molar-refractivity contribution in [2.24, 2.45) is 0 Å². The number of allylic oxidation sites excluding steroid dienone is 4. The van der Waals surface area contributed by atoms with Gasteiger partial charge >= 0.3 is 0 Å². The third-order valence-electron chi connectivity index (χ3n) is 11.6. The summed E-state index contributed by atoms with van der Waals surface area (Å²) in [5.74, 6) is 0. The zero-order chi connectivity index (χ0) is 35.2. The fourth-order valence-corrected chi connectivity index (χ4v) is 8.91. The highest BCUT2D eigenvalue weighted by atomic mass is 15.1. The van der Waals surface area contributed by atoms with Crippen molar-refractivity contribution in [1.82, 2.24) is 0 Å². The van der Waals surface area contributed by atoms with E-state index in [0.29, 0.717) is 0 Å². The molecular weight excluding hydrogens is 627 g/mol. The summed E-state index contributed by atoms with van der Waals surface area (Å²) < 4.78 is 0. The van der Waals surface area contributed by atoms with E-state index in [0.717, 1.165) is 38.5 Å². The lowest BCUT2D eigenvalue weighted by atomic mass is 9.79. The first-order valence-electron chi connectivity index (χ1n) is 19.0. The molecule has 0 atom stereocenters. The molecule has 52 heavy (non-hydrogen) atoms. The Morgan fingerprint density at radius 3 is 2.00 bits per heavy atom. The molecule has 3 aliphatic carbocycles. The van der Waals surface area contributed by atoms with E-state index in [1.807, 2.05) is 0 Å². The number of fused-ring (bicyclic) bond motifs is 4. The summed E-state index contributed by atoms with van der Waals surface area (Å²) in [4.78, 5) is 2.46. The molecule has 0 aliphatic heterocycles. The van der Waals surface area contributed by atoms with Crippen molar-refractivity contribution in [3.05, 3.63) is 184 Å². The largest absolute Gasteiger partial charge is 0.311 e. The number of hydrogen-bond acceptors (Lipinski definition) is 1. The van der Waals surface area contributed by atoms with E-state index in [4.69, 9.17) is 0 Å². The molecule has 9 rings (SSSR count). The molecule has 1 heteroatoms. The summed E-state index contributed by atoms with van der Waals surface area (Å²) in [6.07, 6.45) is 18.1. The molecule has 0 amide bonds. The lowest BCUT2D eigenvalue weighted by Crippen LogP contribution is -2.17. The first kappa shape index (κ1) is 32.3. The Kier molecular flexibility index (Phi) is 8.36. The van der Waals surface area contributed by atoms with Gasteiger partial charge in [-0.1, -0.05) is 115 Å². The normalized spacial score (nSPS) is 14.3. The van der Waals surface area contributed by atoms with Crippen LogP contribution in [0.25, 0.3) is 50.6 Å². The van der Waals surface area contributed by atoms with Gasteiger partial charge in [-0.15, -0.1) is 0 Å². The van der Waals surface area contributed by atoms with Gasteiger partial charge in [0, 0.05) is 17.1 Å². The lowest BCUT2D eigenvalue weighted by Gasteiger charge is -2.30. The molecule has 6 aromatic carbocycles. The van der Waals surface area contributed by atoms with Gasteiger partial charge in [0.05, 0.1) is 0 Å². The highest BCUT2D eigenvalue weighted by Crippen LogP contribution is 2.45. The van der Waals surface area contributed by atoms with Crippen molar-refractivity contribution in [2.75, 3.05) is 4.90 Å². The monoisotopic (exact) mass is 671 g/mol. The van der Waals surface area contributed by atoms with Gasteiger partial charge in [-0.05, 0) is 173 Å². The number of benzene rings is 6. The predicted molar refractivity (Wildman–Crippen MR) is 222 cm³/mol. The molecule has 0 N–H and O–H groups in total. The van der Waals surface area contributed by atoms with E-state index < -0.39 is 0 Å². The minimum Gasteiger partial charge on any atom is -0.311 e. The van der Waals surface area contributed by atoms with E-state index in [1.165, 1.54) is 101 Å². The summed E-state index contributed by atoms with van der Waals surface area (Å²) in [7, 11) is 0. The Morgan fingerprint density at radius 2 is 1.17 bits per heavy atom. The first-order valence-corrected chi connectivity index (χ1v) is 19.0. The Hall–Kier alpha value is -5.66. The molecule has 0 unspecified atom stereocenters. The molecule has 0 radical (unpaired) electrons. The van der Waals surface area contributed by atoms with E-state index in [-0.39, 0.29) is 0 Å². The van der Waals surface area contributed by atoms with Gasteiger partial charge in [0.2, 0.25) is 0 Å². The lowest BCUT2D eigenvalue weighted by molar-refractivity contribution is 0.937. The molecule has 0 saturated carbocycles. The van der Waals surface area contributed by atoms with Gasteiger partial charge in [0.25, 0.3) is 0 Å². The van der Waals surface area contributed by atoms with Crippen LogP contribution in [0.4, 0.5) is 11.4 Å². The summed E-state index contributed by atoms with van der Waals surface area (Å²) in [5, 5.41) is 0. The van der Waals surface area contributed by atoms with Crippen LogP contribution in [0.15, 0.2) is 145 Å². The highest BCUT2D eigenvalue weighted by Gasteiger charge is 2.24. The van der Waals surface area contributed by atoms with Crippen LogP contribution in [0.1, 0.15) is 58.2 Å². The van der Waals surface area contributed by atoms with E-state index >= 15 is 0 Å². The Morgan fingerprint density at radius 1 is 0.481 bits per heavy atom. The van der Waals surface area contributed by atoms with Crippen LogP contribution in [0.5, 0.6) is 0 Å². The summed E-state index contributed by atoms with van der Waals surface area (Å²) in [6, 6.07) is 43.5. The summed E-state index contributed by atoms with van der Waals surface area (Å²) >= 11 is 0. The van der Waals surface area contributed by atoms with Crippen LogP contribution in [0.2, 0.25) is 0 Å². The number of rotatable bonds is 6. The molecule has 1 nitrogen and oxygen atoms in total. The number of anilines is 2. The predicted octanol–water partition coefficient (Wildman–Crippen LogP) is 13.7. The molecule has 3 aliphatic rings. The number of nitrogens with zero attached hydrogens (tertiary/aromatic N) is 1. The Balaban J connectivity index is 1.13. The molecule has 254 valence electrons. The van der Waals surface area contributed by atoms with E-state index in [2.05, 4.69) is 171 Å². The van der Waals surface area contributed by atoms with Crippen molar-refractivity contribution < 1.29 is 0 Å². The molecule has 0 aromatic heterocycles. The zero-order valence-electron chi connectivity index (χ0n) is 30.5. The molecule has 0 fully saturated rings. The molecule has 0 saturated heterocycles. The quantitative estimate of drug-likeness (QED) is 0.170. The first-order chi connectivity index (χ1) is 25.5. The minimum absolute atomic E-state index is 1.06. The Bertz CT molecular complexity index is 2430. The van der Waals surface area contributed by atoms with E-state index in [1.54, 1.807) is 0 Å². The molecule has 0 spiro atoms. The molecule has 0 bridgehead atoms. The van der Waals surface area contributed by atoms with Crippen molar-refractivity contribution in [3.8, 4) is 44.5 Å². The average molecular weight is 672 g/mol. The van der Waals surface area contributed by atoms with Crippen LogP contribution >= 0.6 is 0 Å². The molecular formula is C51H45N. The summed E-state index contributed by atoms with van der Waals surface area (Å²) in [5.41, 5.74) is 24.1. The molecule has 0 heterocycles. The Labute approximate surface area is 309 Å². The van der Waals surface area contributed by atoms with E-state index in [9.17, 15) is 0 Å². The SMILES string of the molecule is Cc1ccccc1-c1cccc(-c2ccc3c(c2C)-c2cc(N(C4=CCCC=C4)c4ccc(-c5cccc6c5CCC=C6)cc4)ccc2CC3)c1C. The average Bonchev–Trinajstić information content (AvgIpc) is 3.19. The standard InChI is InChI=1S/C51H45N/c1-34-13-7-9-18-44(34)45-20-12-21-46(35(45)2)47-32-28-40-24-23-39-27-31-43(33-50(39)51(40)36(47)3)52(41-16-5-4-6-17-41)42-29-25-38(26-30-42)49-22-11-15-37-14-8-10-19-48(37)49/h5,7-9,11-18,20-22,25-33H,4,6,10,19,23-24H2,1-3H3. The third kappa shape index (κ3) is 5.66. The van der Waals surface area contributed by atoms with Crippen molar-refractivity contribution in [1.29, 1.82) is 0 Å². The van der Waals surface area contributed by atoms with Gasteiger partial charge in [-0.3, -0.25) is 0 Å². The highest BCUT2D eigenvalue weighted by molar-refractivity contribution is 5.89. The van der Waals surface area contributed by atoms with Gasteiger partial charge in [0.1, 0.15) is 0 Å². The van der Waals surface area contributed by atoms with Crippen LogP contribution in [-0.2, 0) is 19.3 Å². The fraction of sp³-hybridized carbons (Fsp3) is 0.176. The number of hydrogen-bond donors (Lipinski definition) is 0. The van der Waals surface area contributed by atoms with Crippen molar-refractivity contribution in [2.45, 2.75) is 59.3 Å². The maximum absolute atomic E-state index is 2.47. The van der Waals surface area contributed by atoms with Crippen LogP contribution in [-0.4, -0.2) is 0 Å². The number of aryl methyl sites for hydroxylation is 3. The van der Waals surface area contributed by atoms with Crippen molar-refractivity contribution >= 4 is 17.5 Å². The fourth-order valence-electron chi connectivity index (χ4n) is 8.91. The maximum atomic E-state index is 2.47. The van der Waals surface area contributed by atoms with Gasteiger partial charge in [-0.25, -0.2) is 0 Å². The smallest absolute Gasteiger partial charge is 0.0467 e. The van der Waals surface area contributed by atoms with Crippen LogP contribution in [0.3, 0.4) is 0 Å². The van der Waals surface area contributed by atoms with Crippen LogP contribution < -0.4 is 4.90 Å². The second-order valence-electron chi connectivity index (χ2n) is 14.7. The van der Waals surface area contributed by atoms with Gasteiger partial charge < -0.3 is 4.90 Å². The van der Waals surface area contributed by atoms with Gasteiger partial charge in [-0.2, -0.15) is 0 Å². The molecule has 6 aromatic rings. The second kappa shape index (κ2) is 13.5. The van der Waals surface area contributed by atoms with Crippen molar-refractivity contribution in [3.63, 3.8) is 0 Å². The van der Waals surface area contributed by atoms with Gasteiger partial charge in [0.15, 0.2) is 0 Å².